The van der Waals surface area contributed by atoms with Gasteiger partial charge in [0.05, 0.1) is 0 Å². The second kappa shape index (κ2) is 5.93. The van der Waals surface area contributed by atoms with Crippen LogP contribution in [0.4, 0.5) is 0 Å². The molecule has 0 aliphatic rings. The number of phenolic OH excluding ortho intramolecular Hbond substituents is 1. The van der Waals surface area contributed by atoms with Gasteiger partial charge >= 0.3 is 0 Å². The maximum Gasteiger partial charge on any atom is 0.122 e. The minimum absolute atomic E-state index is 0.387. The van der Waals surface area contributed by atoms with Crippen LogP contribution < -0.4 is 0 Å². The van der Waals surface area contributed by atoms with Gasteiger partial charge in [0, 0.05) is 0 Å². The highest BCUT2D eigenvalue weighted by molar-refractivity contribution is 5.43. The van der Waals surface area contributed by atoms with Gasteiger partial charge in [0.25, 0.3) is 0 Å². The van der Waals surface area contributed by atoms with E-state index in [1.165, 1.54) is 12.8 Å². The van der Waals surface area contributed by atoms with E-state index < -0.39 is 0 Å². The van der Waals surface area contributed by atoms with Crippen LogP contribution in [0.1, 0.15) is 69.9 Å². The number of hydrogen-bond donors (Lipinski definition) is 1. The van der Waals surface area contributed by atoms with Gasteiger partial charge in [0.15, 0.2) is 0 Å². The molecule has 1 heteroatoms. The van der Waals surface area contributed by atoms with Gasteiger partial charge in [-0.15, -0.1) is 0 Å². The maximum absolute atomic E-state index is 10.2. The average molecular weight is 220 g/mol. The molecule has 1 atom stereocenters. The number of para-hydroxylation sites is 1. The molecule has 0 fully saturated rings. The molecule has 0 bridgehead atoms. The van der Waals surface area contributed by atoms with Gasteiger partial charge in [-0.3, -0.25) is 0 Å². The summed E-state index contributed by atoms with van der Waals surface area (Å²) in [4.78, 5) is 0. The van der Waals surface area contributed by atoms with E-state index in [1.807, 2.05) is 6.07 Å². The Labute approximate surface area is 99.5 Å². The summed E-state index contributed by atoms with van der Waals surface area (Å²) in [6, 6.07) is 6.14. The molecular formula is C15H24O. The van der Waals surface area contributed by atoms with Crippen LogP contribution in [0, 0.1) is 0 Å². The fourth-order valence-corrected chi connectivity index (χ4v) is 2.11. The summed E-state index contributed by atoms with van der Waals surface area (Å²) in [6.45, 7) is 8.65. The molecule has 0 saturated heterocycles. The summed E-state index contributed by atoms with van der Waals surface area (Å²) >= 11 is 0. The molecule has 90 valence electrons. The number of aromatic hydroxyl groups is 1. The zero-order chi connectivity index (χ0) is 12.1. The molecular weight excluding hydrogens is 196 g/mol. The van der Waals surface area contributed by atoms with Crippen LogP contribution in [0.25, 0.3) is 0 Å². The summed E-state index contributed by atoms with van der Waals surface area (Å²) in [5.74, 6) is 1.36. The molecule has 0 unspecified atom stereocenters. The molecule has 0 aliphatic heterocycles. The first-order valence-electron chi connectivity index (χ1n) is 6.39. The summed E-state index contributed by atoms with van der Waals surface area (Å²) in [7, 11) is 0. The molecule has 1 N–H and O–H groups in total. The molecule has 0 aromatic heterocycles. The highest BCUT2D eigenvalue weighted by Crippen LogP contribution is 2.35. The normalized spacial score (nSPS) is 13.1. The number of unbranched alkanes of at least 4 members (excludes halogenated alkanes) is 1. The van der Waals surface area contributed by atoms with Crippen LogP contribution in [-0.2, 0) is 0 Å². The Morgan fingerprint density at radius 1 is 1.12 bits per heavy atom. The van der Waals surface area contributed by atoms with E-state index in [-0.39, 0.29) is 0 Å². The van der Waals surface area contributed by atoms with Crippen molar-refractivity contribution in [3.63, 3.8) is 0 Å². The summed E-state index contributed by atoms with van der Waals surface area (Å²) in [5, 5.41) is 10.2. The topological polar surface area (TPSA) is 20.2 Å². The lowest BCUT2D eigenvalue weighted by atomic mass is 9.90. The summed E-state index contributed by atoms with van der Waals surface area (Å²) in [6.07, 6.45) is 3.60. The van der Waals surface area contributed by atoms with Crippen molar-refractivity contribution in [2.75, 3.05) is 0 Å². The van der Waals surface area contributed by atoms with Crippen molar-refractivity contribution in [2.24, 2.45) is 0 Å². The fourth-order valence-electron chi connectivity index (χ4n) is 2.11. The lowest BCUT2D eigenvalue weighted by molar-refractivity contribution is 0.449. The number of rotatable bonds is 5. The third-order valence-corrected chi connectivity index (χ3v) is 3.24. The molecule has 1 aromatic carbocycles. The molecule has 0 aliphatic carbocycles. The van der Waals surface area contributed by atoms with E-state index in [0.29, 0.717) is 17.6 Å². The molecule has 1 aromatic rings. The minimum atomic E-state index is 0.387. The lowest BCUT2D eigenvalue weighted by Gasteiger charge is -2.17. The van der Waals surface area contributed by atoms with Crippen LogP contribution in [0.2, 0.25) is 0 Å². The maximum atomic E-state index is 10.2. The number of phenols is 1. The zero-order valence-corrected chi connectivity index (χ0v) is 11.0. The lowest BCUT2D eigenvalue weighted by Crippen LogP contribution is -1.97. The zero-order valence-electron chi connectivity index (χ0n) is 11.0. The van der Waals surface area contributed by atoms with Crippen molar-refractivity contribution < 1.29 is 5.11 Å². The Morgan fingerprint density at radius 2 is 1.75 bits per heavy atom. The van der Waals surface area contributed by atoms with Crippen LogP contribution in [-0.4, -0.2) is 5.11 Å². The molecule has 0 saturated carbocycles. The highest BCUT2D eigenvalue weighted by Gasteiger charge is 2.14. The first-order valence-corrected chi connectivity index (χ1v) is 6.39. The van der Waals surface area contributed by atoms with Gasteiger partial charge in [0.1, 0.15) is 5.75 Å². The Morgan fingerprint density at radius 3 is 2.31 bits per heavy atom. The SMILES string of the molecule is CCCC[C@H](C)c1cccc(C(C)C)c1O. The van der Waals surface area contributed by atoms with Gasteiger partial charge in [-0.25, -0.2) is 0 Å². The largest absolute Gasteiger partial charge is 0.507 e. The van der Waals surface area contributed by atoms with Gasteiger partial charge in [0.2, 0.25) is 0 Å². The Bertz CT molecular complexity index is 328. The van der Waals surface area contributed by atoms with Crippen molar-refractivity contribution in [3.05, 3.63) is 29.3 Å². The van der Waals surface area contributed by atoms with Crippen molar-refractivity contribution in [1.29, 1.82) is 0 Å². The quantitative estimate of drug-likeness (QED) is 0.755. The molecule has 0 radical (unpaired) electrons. The van der Waals surface area contributed by atoms with E-state index in [4.69, 9.17) is 0 Å². The predicted octanol–water partition coefficient (Wildman–Crippen LogP) is 4.81. The number of benzene rings is 1. The summed E-state index contributed by atoms with van der Waals surface area (Å²) < 4.78 is 0. The van der Waals surface area contributed by atoms with Crippen LogP contribution in [0.5, 0.6) is 5.75 Å². The van der Waals surface area contributed by atoms with E-state index >= 15 is 0 Å². The second-order valence-electron chi connectivity index (χ2n) is 4.98. The van der Waals surface area contributed by atoms with E-state index in [2.05, 4.69) is 39.8 Å². The molecule has 1 nitrogen and oxygen atoms in total. The predicted molar refractivity (Wildman–Crippen MR) is 70.1 cm³/mol. The van der Waals surface area contributed by atoms with Crippen molar-refractivity contribution in [1.82, 2.24) is 0 Å². The second-order valence-corrected chi connectivity index (χ2v) is 4.98. The molecule has 0 heterocycles. The monoisotopic (exact) mass is 220 g/mol. The average Bonchev–Trinajstić information content (AvgIpc) is 2.25. The summed E-state index contributed by atoms with van der Waals surface area (Å²) in [5.41, 5.74) is 2.18. The minimum Gasteiger partial charge on any atom is -0.507 e. The first-order chi connectivity index (χ1) is 7.57. The Hall–Kier alpha value is -0.980. The third-order valence-electron chi connectivity index (χ3n) is 3.24. The van der Waals surface area contributed by atoms with E-state index in [0.717, 1.165) is 17.5 Å². The molecule has 0 spiro atoms. The van der Waals surface area contributed by atoms with E-state index in [1.54, 1.807) is 0 Å². The Balaban J connectivity index is 2.91. The van der Waals surface area contributed by atoms with Crippen LogP contribution in [0.3, 0.4) is 0 Å². The van der Waals surface area contributed by atoms with Gasteiger partial charge in [-0.05, 0) is 29.4 Å². The van der Waals surface area contributed by atoms with Crippen LogP contribution >= 0.6 is 0 Å². The fraction of sp³-hybridized carbons (Fsp3) is 0.600. The Kier molecular flexibility index (Phi) is 4.85. The van der Waals surface area contributed by atoms with Gasteiger partial charge in [-0.1, -0.05) is 58.7 Å². The molecule has 1 rings (SSSR count). The standard InChI is InChI=1S/C15H24O/c1-5-6-8-12(4)14-10-7-9-13(11(2)3)15(14)16/h7,9-12,16H,5-6,8H2,1-4H3/t12-/m0/s1. The van der Waals surface area contributed by atoms with Crippen molar-refractivity contribution >= 4 is 0 Å². The first kappa shape index (κ1) is 13.1. The van der Waals surface area contributed by atoms with Crippen molar-refractivity contribution in [2.45, 2.75) is 58.8 Å². The van der Waals surface area contributed by atoms with E-state index in [9.17, 15) is 5.11 Å². The third kappa shape index (κ3) is 3.01. The highest BCUT2D eigenvalue weighted by atomic mass is 16.3. The molecule has 16 heavy (non-hydrogen) atoms. The van der Waals surface area contributed by atoms with Crippen molar-refractivity contribution in [3.8, 4) is 5.75 Å². The van der Waals surface area contributed by atoms with Gasteiger partial charge in [-0.2, -0.15) is 0 Å². The van der Waals surface area contributed by atoms with Crippen LogP contribution in [0.15, 0.2) is 18.2 Å². The molecule has 0 amide bonds. The number of hydrogen-bond acceptors (Lipinski definition) is 1. The van der Waals surface area contributed by atoms with Gasteiger partial charge < -0.3 is 5.11 Å². The smallest absolute Gasteiger partial charge is 0.122 e.